The molecule has 2 aromatic rings. The molecule has 2 heterocycles. The molecule has 1 saturated heterocycles. The fourth-order valence-electron chi connectivity index (χ4n) is 2.82. The summed E-state index contributed by atoms with van der Waals surface area (Å²) in [6, 6.07) is 10.1. The second-order valence-corrected chi connectivity index (χ2v) is 8.09. The Kier molecular flexibility index (Phi) is 5.97. The molecule has 1 aromatic heterocycles. The third-order valence-electron chi connectivity index (χ3n) is 4.18. The molecule has 1 aliphatic rings. The number of rotatable bonds is 7. The molecular formula is C18H22N4O3S. The zero-order valence-corrected chi connectivity index (χ0v) is 15.2. The minimum atomic E-state index is -3.43. The van der Waals surface area contributed by atoms with Crippen LogP contribution in [0, 0.1) is 0 Å². The molecule has 2 N–H and O–H groups in total. The van der Waals surface area contributed by atoms with Crippen molar-refractivity contribution in [2.75, 3.05) is 25.0 Å². The van der Waals surface area contributed by atoms with Gasteiger partial charge in [0.15, 0.2) is 0 Å². The highest BCUT2D eigenvalue weighted by molar-refractivity contribution is 7.89. The van der Waals surface area contributed by atoms with Gasteiger partial charge in [-0.3, -0.25) is 9.78 Å². The Bertz CT molecular complexity index is 832. The number of sulfonamides is 1. The number of aromatic nitrogens is 1. The van der Waals surface area contributed by atoms with Gasteiger partial charge in [0.05, 0.1) is 11.4 Å². The molecule has 0 bridgehead atoms. The zero-order chi connectivity index (χ0) is 18.4. The Labute approximate surface area is 153 Å². The Morgan fingerprint density at radius 1 is 1.12 bits per heavy atom. The second kappa shape index (κ2) is 8.39. The van der Waals surface area contributed by atoms with E-state index in [4.69, 9.17) is 0 Å². The predicted octanol–water partition coefficient (Wildman–Crippen LogP) is 1.59. The van der Waals surface area contributed by atoms with Gasteiger partial charge < -0.3 is 10.6 Å². The topological polar surface area (TPSA) is 91.4 Å². The highest BCUT2D eigenvalue weighted by Gasteiger charge is 2.26. The van der Waals surface area contributed by atoms with Crippen LogP contribution in [0.4, 0.5) is 5.69 Å². The summed E-state index contributed by atoms with van der Waals surface area (Å²) < 4.78 is 26.4. The van der Waals surface area contributed by atoms with Crippen LogP contribution in [0.25, 0.3) is 0 Å². The first-order chi connectivity index (χ1) is 12.6. The summed E-state index contributed by atoms with van der Waals surface area (Å²) in [4.78, 5) is 16.2. The molecule has 1 amide bonds. The van der Waals surface area contributed by atoms with Crippen molar-refractivity contribution in [3.05, 3.63) is 54.4 Å². The van der Waals surface area contributed by atoms with E-state index >= 15 is 0 Å². The second-order valence-electron chi connectivity index (χ2n) is 6.15. The quantitative estimate of drug-likeness (QED) is 0.768. The van der Waals surface area contributed by atoms with E-state index in [1.165, 1.54) is 16.4 Å². The van der Waals surface area contributed by atoms with Crippen LogP contribution in [-0.4, -0.2) is 43.2 Å². The smallest absolute Gasteiger partial charge is 0.243 e. The lowest BCUT2D eigenvalue weighted by atomic mass is 10.3. The Balaban J connectivity index is 1.51. The summed E-state index contributed by atoms with van der Waals surface area (Å²) in [6.45, 7) is 1.85. The molecule has 0 atom stereocenters. The van der Waals surface area contributed by atoms with Gasteiger partial charge in [0, 0.05) is 37.7 Å². The lowest BCUT2D eigenvalue weighted by Gasteiger charge is -2.15. The van der Waals surface area contributed by atoms with Crippen molar-refractivity contribution < 1.29 is 13.2 Å². The van der Waals surface area contributed by atoms with Crippen LogP contribution in [0.1, 0.15) is 18.4 Å². The summed E-state index contributed by atoms with van der Waals surface area (Å²) in [5, 5.41) is 5.79. The predicted molar refractivity (Wildman–Crippen MR) is 99.0 cm³/mol. The number of nitrogens with one attached hydrogen (secondary N) is 2. The van der Waals surface area contributed by atoms with Gasteiger partial charge in [-0.15, -0.1) is 0 Å². The normalized spacial score (nSPS) is 15.1. The van der Waals surface area contributed by atoms with Crippen molar-refractivity contribution in [2.45, 2.75) is 24.3 Å². The average Bonchev–Trinajstić information content (AvgIpc) is 3.19. The van der Waals surface area contributed by atoms with Gasteiger partial charge in [-0.1, -0.05) is 6.07 Å². The highest BCUT2D eigenvalue weighted by atomic mass is 32.2. The van der Waals surface area contributed by atoms with Crippen LogP contribution in [-0.2, 0) is 21.4 Å². The van der Waals surface area contributed by atoms with Gasteiger partial charge in [0.1, 0.15) is 0 Å². The Hall–Kier alpha value is -2.29. The number of hydrogen-bond acceptors (Lipinski definition) is 5. The molecule has 0 aliphatic carbocycles. The molecule has 0 spiro atoms. The lowest BCUT2D eigenvalue weighted by molar-refractivity contribution is -0.115. The summed E-state index contributed by atoms with van der Waals surface area (Å²) in [5.74, 6) is -0.191. The zero-order valence-electron chi connectivity index (χ0n) is 14.4. The number of hydrogen-bond donors (Lipinski definition) is 2. The van der Waals surface area contributed by atoms with Crippen LogP contribution < -0.4 is 10.6 Å². The minimum Gasteiger partial charge on any atom is -0.325 e. The SMILES string of the molecule is O=C(CNCc1cccnc1)Nc1ccc(S(=O)(=O)N2CCCC2)cc1. The van der Waals surface area contributed by atoms with E-state index in [0.29, 0.717) is 25.3 Å². The van der Waals surface area contributed by atoms with Crippen LogP contribution in [0.3, 0.4) is 0 Å². The van der Waals surface area contributed by atoms with E-state index in [9.17, 15) is 13.2 Å². The molecule has 3 rings (SSSR count). The summed E-state index contributed by atoms with van der Waals surface area (Å²) in [7, 11) is -3.43. The molecule has 7 nitrogen and oxygen atoms in total. The van der Waals surface area contributed by atoms with Crippen molar-refractivity contribution in [1.82, 2.24) is 14.6 Å². The first-order valence-corrected chi connectivity index (χ1v) is 9.99. The van der Waals surface area contributed by atoms with E-state index in [0.717, 1.165) is 18.4 Å². The van der Waals surface area contributed by atoms with Crippen LogP contribution in [0.2, 0.25) is 0 Å². The molecule has 1 aromatic carbocycles. The molecule has 138 valence electrons. The molecule has 0 unspecified atom stereocenters. The molecule has 1 aliphatic heterocycles. The summed E-state index contributed by atoms with van der Waals surface area (Å²) in [6.07, 6.45) is 5.24. The number of benzene rings is 1. The number of anilines is 1. The summed E-state index contributed by atoms with van der Waals surface area (Å²) >= 11 is 0. The molecule has 0 saturated carbocycles. The van der Waals surface area contributed by atoms with E-state index in [1.807, 2.05) is 12.1 Å². The molecule has 1 fully saturated rings. The third kappa shape index (κ3) is 4.66. The monoisotopic (exact) mass is 374 g/mol. The van der Waals surface area contributed by atoms with Gasteiger partial charge in [0.25, 0.3) is 0 Å². The number of carbonyl (C=O) groups is 1. The molecule has 8 heteroatoms. The first kappa shape index (κ1) is 18.5. The van der Waals surface area contributed by atoms with E-state index in [1.54, 1.807) is 24.5 Å². The number of carbonyl (C=O) groups excluding carboxylic acids is 1. The van der Waals surface area contributed by atoms with Gasteiger partial charge in [0.2, 0.25) is 15.9 Å². The van der Waals surface area contributed by atoms with Crippen molar-refractivity contribution in [1.29, 1.82) is 0 Å². The van der Waals surface area contributed by atoms with Crippen LogP contribution in [0.15, 0.2) is 53.7 Å². The van der Waals surface area contributed by atoms with Gasteiger partial charge in [-0.25, -0.2) is 8.42 Å². The Morgan fingerprint density at radius 3 is 2.50 bits per heavy atom. The van der Waals surface area contributed by atoms with Crippen LogP contribution >= 0.6 is 0 Å². The maximum absolute atomic E-state index is 12.5. The van der Waals surface area contributed by atoms with Crippen molar-refractivity contribution >= 4 is 21.6 Å². The molecule has 26 heavy (non-hydrogen) atoms. The van der Waals surface area contributed by atoms with Gasteiger partial charge in [-0.05, 0) is 48.7 Å². The largest absolute Gasteiger partial charge is 0.325 e. The summed E-state index contributed by atoms with van der Waals surface area (Å²) in [5.41, 5.74) is 1.57. The van der Waals surface area contributed by atoms with Crippen molar-refractivity contribution in [3.63, 3.8) is 0 Å². The number of nitrogens with zero attached hydrogens (tertiary/aromatic N) is 2. The fourth-order valence-corrected chi connectivity index (χ4v) is 4.33. The highest BCUT2D eigenvalue weighted by Crippen LogP contribution is 2.22. The number of amides is 1. The number of pyridine rings is 1. The fraction of sp³-hybridized carbons (Fsp3) is 0.333. The molecule has 0 radical (unpaired) electrons. The van der Waals surface area contributed by atoms with Gasteiger partial charge >= 0.3 is 0 Å². The molecular weight excluding hydrogens is 352 g/mol. The van der Waals surface area contributed by atoms with Crippen molar-refractivity contribution in [2.24, 2.45) is 0 Å². The van der Waals surface area contributed by atoms with E-state index in [2.05, 4.69) is 15.6 Å². The van der Waals surface area contributed by atoms with Gasteiger partial charge in [-0.2, -0.15) is 4.31 Å². The van der Waals surface area contributed by atoms with E-state index < -0.39 is 10.0 Å². The minimum absolute atomic E-state index is 0.155. The van der Waals surface area contributed by atoms with E-state index in [-0.39, 0.29) is 17.3 Å². The maximum Gasteiger partial charge on any atom is 0.243 e. The first-order valence-electron chi connectivity index (χ1n) is 8.55. The third-order valence-corrected chi connectivity index (χ3v) is 6.09. The average molecular weight is 374 g/mol. The Morgan fingerprint density at radius 2 is 1.85 bits per heavy atom. The standard InChI is InChI=1S/C18H22N4O3S/c23-18(14-20-13-15-4-3-9-19-12-15)21-16-5-7-17(8-6-16)26(24,25)22-10-1-2-11-22/h3-9,12,20H,1-2,10-11,13-14H2,(H,21,23). The van der Waals surface area contributed by atoms with Crippen molar-refractivity contribution in [3.8, 4) is 0 Å². The lowest BCUT2D eigenvalue weighted by Crippen LogP contribution is -2.28. The maximum atomic E-state index is 12.5. The van der Waals surface area contributed by atoms with Crippen LogP contribution in [0.5, 0.6) is 0 Å².